The van der Waals surface area contributed by atoms with Crippen molar-refractivity contribution in [3.8, 4) is 0 Å². The van der Waals surface area contributed by atoms with E-state index in [0.29, 0.717) is 5.47 Å². The lowest BCUT2D eigenvalue weighted by atomic mass is 9.77. The minimum atomic E-state index is -4.52. The molecule has 0 unspecified atom stereocenters. The Morgan fingerprint density at radius 1 is 1.26 bits per heavy atom. The van der Waals surface area contributed by atoms with Crippen LogP contribution in [0.4, 0.5) is 13.2 Å². The van der Waals surface area contributed by atoms with Crippen molar-refractivity contribution in [3.05, 3.63) is 35.1 Å². The van der Waals surface area contributed by atoms with Gasteiger partial charge in [0.1, 0.15) is 5.69 Å². The molecule has 2 heterocycles. The van der Waals surface area contributed by atoms with Crippen LogP contribution in [-0.4, -0.2) is 35.0 Å². The number of aromatic nitrogens is 1. The molecule has 0 saturated carbocycles. The molecular weight excluding hydrogens is 310 g/mol. The molecule has 0 aliphatic carbocycles. The molecule has 126 valence electrons. The summed E-state index contributed by atoms with van der Waals surface area (Å²) in [4.78, 5) is 3.31. The van der Waals surface area contributed by atoms with E-state index in [4.69, 9.17) is 9.31 Å². The van der Waals surface area contributed by atoms with E-state index in [0.717, 1.165) is 12.3 Å². The van der Waals surface area contributed by atoms with Crippen LogP contribution in [0.1, 0.15) is 39.0 Å². The number of aliphatic hydroxyl groups excluding tert-OH is 1. The van der Waals surface area contributed by atoms with E-state index in [1.807, 2.05) is 27.7 Å². The van der Waals surface area contributed by atoms with Gasteiger partial charge in [-0.05, 0) is 50.9 Å². The van der Waals surface area contributed by atoms with Crippen LogP contribution in [0.2, 0.25) is 0 Å². The quantitative estimate of drug-likeness (QED) is 0.866. The van der Waals surface area contributed by atoms with Gasteiger partial charge in [0.25, 0.3) is 0 Å². The molecule has 0 amide bonds. The summed E-state index contributed by atoms with van der Waals surface area (Å²) in [6, 6.07) is 2.34. The monoisotopic (exact) mass is 329 g/mol. The van der Waals surface area contributed by atoms with E-state index in [1.165, 1.54) is 12.1 Å². The van der Waals surface area contributed by atoms with Crippen LogP contribution >= 0.6 is 0 Å². The average molecular weight is 329 g/mol. The van der Waals surface area contributed by atoms with Crippen molar-refractivity contribution in [2.75, 3.05) is 6.61 Å². The van der Waals surface area contributed by atoms with Crippen LogP contribution in [0.25, 0.3) is 6.08 Å². The first-order valence-electron chi connectivity index (χ1n) is 7.16. The van der Waals surface area contributed by atoms with Crippen molar-refractivity contribution in [1.29, 1.82) is 0 Å². The minimum absolute atomic E-state index is 0.270. The lowest BCUT2D eigenvalue weighted by molar-refractivity contribution is -0.141. The van der Waals surface area contributed by atoms with Gasteiger partial charge in [0, 0.05) is 6.20 Å². The maximum Gasteiger partial charge on any atom is 0.492 e. The Labute approximate surface area is 133 Å². The van der Waals surface area contributed by atoms with Crippen LogP contribution < -0.4 is 0 Å². The molecule has 2 rings (SSSR count). The van der Waals surface area contributed by atoms with Gasteiger partial charge in [-0.25, -0.2) is 0 Å². The highest BCUT2D eigenvalue weighted by Crippen LogP contribution is 2.38. The smallest absolute Gasteiger partial charge is 0.400 e. The minimum Gasteiger partial charge on any atom is -0.400 e. The Morgan fingerprint density at radius 3 is 2.30 bits per heavy atom. The third-order valence-electron chi connectivity index (χ3n) is 4.17. The maximum absolute atomic E-state index is 12.7. The van der Waals surface area contributed by atoms with Gasteiger partial charge >= 0.3 is 13.3 Å². The van der Waals surface area contributed by atoms with Gasteiger partial charge in [-0.15, -0.1) is 0 Å². The molecule has 0 atom stereocenters. The van der Waals surface area contributed by atoms with Crippen molar-refractivity contribution >= 4 is 13.2 Å². The Hall–Kier alpha value is -1.38. The fourth-order valence-corrected chi connectivity index (χ4v) is 2.09. The number of halogens is 3. The highest BCUT2D eigenvalue weighted by atomic mass is 19.4. The summed E-state index contributed by atoms with van der Waals surface area (Å²) in [5.74, 6) is 0. The molecule has 23 heavy (non-hydrogen) atoms. The lowest BCUT2D eigenvalue weighted by Gasteiger charge is -2.32. The van der Waals surface area contributed by atoms with Gasteiger partial charge in [0.2, 0.25) is 0 Å². The second-order valence-electron chi connectivity index (χ2n) is 6.44. The molecule has 0 radical (unpaired) electrons. The Balaban J connectivity index is 2.31. The number of nitrogens with zero attached hydrogens (tertiary/aromatic N) is 1. The summed E-state index contributed by atoms with van der Waals surface area (Å²) >= 11 is 0. The van der Waals surface area contributed by atoms with Gasteiger partial charge in [-0.2, -0.15) is 13.2 Å². The molecular formula is C15H19BF3NO3. The number of hydrogen-bond donors (Lipinski definition) is 1. The molecule has 1 aliphatic rings. The standard InChI is InChI=1S/C15H19BF3NO3/c1-13(2)14(3,4)23-16(22-13)11(9-21)7-10-5-6-20-12(8-10)15(17,18)19/h5-8,21H,9H2,1-4H3. The molecule has 0 spiro atoms. The predicted molar refractivity (Wildman–Crippen MR) is 80.4 cm³/mol. The van der Waals surface area contributed by atoms with Crippen LogP contribution in [0.3, 0.4) is 0 Å². The van der Waals surface area contributed by atoms with E-state index in [9.17, 15) is 18.3 Å². The normalized spacial score (nSPS) is 20.9. The first-order valence-corrected chi connectivity index (χ1v) is 7.16. The average Bonchev–Trinajstić information content (AvgIpc) is 2.64. The van der Waals surface area contributed by atoms with Crippen molar-refractivity contribution in [2.24, 2.45) is 0 Å². The maximum atomic E-state index is 12.7. The molecule has 1 saturated heterocycles. The fraction of sp³-hybridized carbons (Fsp3) is 0.533. The number of pyridine rings is 1. The zero-order valence-corrected chi connectivity index (χ0v) is 13.4. The lowest BCUT2D eigenvalue weighted by Crippen LogP contribution is -2.41. The van der Waals surface area contributed by atoms with Crippen LogP contribution in [0.5, 0.6) is 0 Å². The Morgan fingerprint density at radius 2 is 1.83 bits per heavy atom. The molecule has 1 aromatic rings. The van der Waals surface area contributed by atoms with E-state index in [2.05, 4.69) is 4.98 Å². The van der Waals surface area contributed by atoms with Gasteiger partial charge in [-0.3, -0.25) is 4.98 Å². The summed E-state index contributed by atoms with van der Waals surface area (Å²) in [5, 5.41) is 9.55. The van der Waals surface area contributed by atoms with Crippen LogP contribution in [-0.2, 0) is 15.5 Å². The molecule has 0 aromatic carbocycles. The summed E-state index contributed by atoms with van der Waals surface area (Å²) in [5.41, 5.74) is -1.56. The summed E-state index contributed by atoms with van der Waals surface area (Å²) < 4.78 is 49.7. The van der Waals surface area contributed by atoms with Crippen LogP contribution in [0, 0.1) is 0 Å². The Bertz CT molecular complexity index is 598. The molecule has 1 N–H and O–H groups in total. The summed E-state index contributed by atoms with van der Waals surface area (Å²) in [6.45, 7) is 7.04. The van der Waals surface area contributed by atoms with Crippen molar-refractivity contribution in [2.45, 2.75) is 45.1 Å². The molecule has 1 fully saturated rings. The van der Waals surface area contributed by atoms with Gasteiger partial charge in [0.15, 0.2) is 0 Å². The highest BCUT2D eigenvalue weighted by molar-refractivity contribution is 6.55. The number of alkyl halides is 3. The summed E-state index contributed by atoms with van der Waals surface area (Å²) in [7, 11) is -0.812. The van der Waals surface area contributed by atoms with Crippen molar-refractivity contribution in [3.63, 3.8) is 0 Å². The largest absolute Gasteiger partial charge is 0.492 e. The van der Waals surface area contributed by atoms with E-state index >= 15 is 0 Å². The topological polar surface area (TPSA) is 51.6 Å². The zero-order chi connectivity index (χ0) is 17.5. The summed E-state index contributed by atoms with van der Waals surface area (Å²) in [6.07, 6.45) is -2.01. The number of hydrogen-bond acceptors (Lipinski definition) is 4. The highest BCUT2D eigenvalue weighted by Gasteiger charge is 2.52. The fourth-order valence-electron chi connectivity index (χ4n) is 2.09. The molecule has 4 nitrogen and oxygen atoms in total. The first-order chi connectivity index (χ1) is 10.5. The molecule has 8 heteroatoms. The second-order valence-corrected chi connectivity index (χ2v) is 6.44. The first kappa shape index (κ1) is 18.0. The van der Waals surface area contributed by atoms with Crippen LogP contribution in [0.15, 0.2) is 23.8 Å². The number of aliphatic hydroxyl groups is 1. The van der Waals surface area contributed by atoms with E-state index in [1.54, 1.807) is 0 Å². The van der Waals surface area contributed by atoms with Crippen molar-refractivity contribution in [1.82, 2.24) is 4.98 Å². The van der Waals surface area contributed by atoms with Gasteiger partial charge in [0.05, 0.1) is 17.8 Å². The van der Waals surface area contributed by atoms with Crippen molar-refractivity contribution < 1.29 is 27.6 Å². The van der Waals surface area contributed by atoms with Gasteiger partial charge in [-0.1, -0.05) is 6.08 Å². The number of rotatable bonds is 3. The zero-order valence-electron chi connectivity index (χ0n) is 13.4. The third-order valence-corrected chi connectivity index (χ3v) is 4.17. The SMILES string of the molecule is CC1(C)OB(C(=Cc2ccnc(C(F)(F)F)c2)CO)OC1(C)C. The molecule has 0 bridgehead atoms. The Kier molecular flexibility index (Phi) is 4.63. The van der Waals surface area contributed by atoms with E-state index in [-0.39, 0.29) is 12.2 Å². The van der Waals surface area contributed by atoms with E-state index < -0.39 is 30.2 Å². The van der Waals surface area contributed by atoms with Gasteiger partial charge < -0.3 is 14.4 Å². The third kappa shape index (κ3) is 3.76. The molecule has 1 aromatic heterocycles. The predicted octanol–water partition coefficient (Wildman–Crippen LogP) is 3.11. The second kappa shape index (κ2) is 5.92. The molecule has 1 aliphatic heterocycles.